The van der Waals surface area contributed by atoms with Gasteiger partial charge in [0.1, 0.15) is 0 Å². The molecule has 7 nitrogen and oxygen atoms in total. The fraction of sp³-hybridized carbons (Fsp3) is 0.444. The Hall–Kier alpha value is -0.680. The number of hydrogen-bond acceptors (Lipinski definition) is 6. The lowest BCUT2D eigenvalue weighted by Crippen LogP contribution is -2.44. The average molecular weight is 356 g/mol. The number of aromatic nitrogens is 2. The zero-order valence-electron chi connectivity index (χ0n) is 10.1. The van der Waals surface area contributed by atoms with E-state index in [0.717, 1.165) is 4.31 Å². The quantitative estimate of drug-likeness (QED) is 0.781. The normalized spacial score (nSPS) is 20.4. The van der Waals surface area contributed by atoms with Crippen LogP contribution in [0.4, 0.5) is 0 Å². The second-order valence-electron chi connectivity index (χ2n) is 4.32. The van der Waals surface area contributed by atoms with Crippen molar-refractivity contribution in [3.8, 4) is 0 Å². The van der Waals surface area contributed by atoms with E-state index in [1.165, 1.54) is 15.7 Å². The predicted molar refractivity (Wildman–Crippen MR) is 75.5 cm³/mol. The highest BCUT2D eigenvalue weighted by Gasteiger charge is 2.35. The highest BCUT2D eigenvalue weighted by Crippen LogP contribution is 2.28. The third kappa shape index (κ3) is 2.25. The first-order valence-electron chi connectivity index (χ1n) is 5.63. The van der Waals surface area contributed by atoms with E-state index in [0.29, 0.717) is 4.96 Å². The van der Waals surface area contributed by atoms with Gasteiger partial charge in [0.15, 0.2) is 25.0 Å². The summed E-state index contributed by atoms with van der Waals surface area (Å²) in [5, 5.41) is 1.51. The molecule has 2 aromatic rings. The van der Waals surface area contributed by atoms with Gasteiger partial charge in [-0.15, -0.1) is 11.3 Å². The van der Waals surface area contributed by atoms with Crippen LogP contribution in [0.5, 0.6) is 0 Å². The molecule has 0 amide bonds. The molecule has 0 aromatic carbocycles. The summed E-state index contributed by atoms with van der Waals surface area (Å²) in [6.07, 6.45) is 1.58. The van der Waals surface area contributed by atoms with E-state index >= 15 is 0 Å². The van der Waals surface area contributed by atoms with Crippen LogP contribution in [0.15, 0.2) is 16.6 Å². The number of imidazole rings is 1. The third-order valence-electron chi connectivity index (χ3n) is 3.07. The first kappa shape index (κ1) is 14.3. The summed E-state index contributed by atoms with van der Waals surface area (Å²) >= 11 is 7.19. The number of nitrogens with zero attached hydrogens (tertiary/aromatic N) is 3. The van der Waals surface area contributed by atoms with Crippen LogP contribution in [-0.4, -0.2) is 55.1 Å². The van der Waals surface area contributed by atoms with Crippen LogP contribution in [-0.2, 0) is 19.9 Å². The summed E-state index contributed by atoms with van der Waals surface area (Å²) < 4.78 is 50.5. The molecule has 0 saturated carbocycles. The third-order valence-corrected chi connectivity index (χ3v) is 7.73. The smallest absolute Gasteiger partial charge is 0.262 e. The van der Waals surface area contributed by atoms with E-state index in [2.05, 4.69) is 4.98 Å². The summed E-state index contributed by atoms with van der Waals surface area (Å²) in [5.74, 6) is -0.342. The van der Waals surface area contributed by atoms with E-state index in [9.17, 15) is 16.8 Å². The molecule has 1 aliphatic heterocycles. The molecule has 1 aliphatic rings. The van der Waals surface area contributed by atoms with Crippen LogP contribution < -0.4 is 0 Å². The van der Waals surface area contributed by atoms with Crippen molar-refractivity contribution in [2.75, 3.05) is 24.6 Å². The van der Waals surface area contributed by atoms with Crippen LogP contribution in [0.1, 0.15) is 0 Å². The molecule has 1 fully saturated rings. The van der Waals surface area contributed by atoms with Crippen molar-refractivity contribution in [1.29, 1.82) is 0 Å². The summed E-state index contributed by atoms with van der Waals surface area (Å²) in [6.45, 7) is -0.114. The van der Waals surface area contributed by atoms with E-state index in [1.54, 1.807) is 11.6 Å². The van der Waals surface area contributed by atoms with Gasteiger partial charge in [-0.3, -0.25) is 4.40 Å². The van der Waals surface area contributed by atoms with Gasteiger partial charge in [0, 0.05) is 24.7 Å². The highest BCUT2D eigenvalue weighted by molar-refractivity contribution is 7.92. The van der Waals surface area contributed by atoms with Gasteiger partial charge >= 0.3 is 0 Å². The van der Waals surface area contributed by atoms with Crippen molar-refractivity contribution < 1.29 is 16.8 Å². The Labute approximate surface area is 124 Å². The summed E-state index contributed by atoms with van der Waals surface area (Å²) in [6, 6.07) is 0. The number of sulfonamides is 1. The maximum absolute atomic E-state index is 12.6. The van der Waals surface area contributed by atoms with E-state index in [-0.39, 0.29) is 34.8 Å². The van der Waals surface area contributed by atoms with Crippen LogP contribution in [0.25, 0.3) is 4.96 Å². The maximum Gasteiger partial charge on any atom is 0.262 e. The van der Waals surface area contributed by atoms with Gasteiger partial charge in [0.2, 0.25) is 0 Å². The molecule has 0 bridgehead atoms. The van der Waals surface area contributed by atoms with Crippen LogP contribution in [0.3, 0.4) is 0 Å². The molecule has 0 aliphatic carbocycles. The molecule has 0 N–H and O–H groups in total. The molecule has 1 saturated heterocycles. The molecule has 110 valence electrons. The number of hydrogen-bond donors (Lipinski definition) is 0. The molecule has 3 rings (SSSR count). The Balaban J connectivity index is 2.04. The van der Waals surface area contributed by atoms with E-state index in [4.69, 9.17) is 11.6 Å². The fourth-order valence-corrected chi connectivity index (χ4v) is 6.31. The molecule has 11 heteroatoms. The van der Waals surface area contributed by atoms with Crippen LogP contribution in [0.2, 0.25) is 5.15 Å². The number of fused-ring (bicyclic) bond motifs is 1. The van der Waals surface area contributed by atoms with Gasteiger partial charge < -0.3 is 0 Å². The molecule has 3 heterocycles. The first-order chi connectivity index (χ1) is 9.31. The van der Waals surface area contributed by atoms with Gasteiger partial charge in [-0.25, -0.2) is 21.8 Å². The topological polar surface area (TPSA) is 88.8 Å². The monoisotopic (exact) mass is 355 g/mol. The van der Waals surface area contributed by atoms with Crippen molar-refractivity contribution in [2.45, 2.75) is 5.03 Å². The Bertz CT molecular complexity index is 854. The zero-order chi connectivity index (χ0) is 14.5. The van der Waals surface area contributed by atoms with Gasteiger partial charge in [-0.05, 0) is 0 Å². The van der Waals surface area contributed by atoms with Gasteiger partial charge in [-0.2, -0.15) is 4.31 Å². The molecular weight excluding hydrogens is 346 g/mol. The second-order valence-corrected chi connectivity index (χ2v) is 9.71. The van der Waals surface area contributed by atoms with Crippen molar-refractivity contribution in [2.24, 2.45) is 0 Å². The Morgan fingerprint density at radius 1 is 1.30 bits per heavy atom. The minimum Gasteiger partial charge on any atom is -0.279 e. The molecular formula is C9H10ClN3O4S3. The lowest BCUT2D eigenvalue weighted by atomic mass is 10.6. The number of rotatable bonds is 2. The van der Waals surface area contributed by atoms with E-state index < -0.39 is 19.9 Å². The number of sulfone groups is 1. The van der Waals surface area contributed by atoms with E-state index in [1.807, 2.05) is 0 Å². The molecule has 0 spiro atoms. The minimum absolute atomic E-state index is 0.0572. The largest absolute Gasteiger partial charge is 0.279 e. The van der Waals surface area contributed by atoms with Crippen molar-refractivity contribution >= 4 is 47.8 Å². The molecule has 0 radical (unpaired) electrons. The lowest BCUT2D eigenvalue weighted by Gasteiger charge is -2.25. The van der Waals surface area contributed by atoms with Gasteiger partial charge in [-0.1, -0.05) is 11.6 Å². The Kier molecular flexibility index (Phi) is 3.33. The Morgan fingerprint density at radius 2 is 1.95 bits per heavy atom. The van der Waals surface area contributed by atoms with Crippen molar-refractivity contribution in [1.82, 2.24) is 13.7 Å². The van der Waals surface area contributed by atoms with Crippen LogP contribution in [0, 0.1) is 0 Å². The summed E-state index contributed by atoms with van der Waals surface area (Å²) in [5.41, 5.74) is 0. The number of halogens is 1. The molecule has 0 atom stereocenters. The predicted octanol–water partition coefficient (Wildman–Crippen LogP) is 0.468. The standard InChI is InChI=1S/C9H10ClN3O4S3/c10-7-8(13-1-4-18-9(13)11-7)20(16,17)12-2-5-19(14,15)6-3-12/h1,4H,2-3,5-6H2. The van der Waals surface area contributed by atoms with Gasteiger partial charge in [0.25, 0.3) is 10.0 Å². The number of thiazole rings is 1. The second kappa shape index (κ2) is 4.67. The fourth-order valence-electron chi connectivity index (χ4n) is 2.03. The van der Waals surface area contributed by atoms with Crippen LogP contribution >= 0.6 is 22.9 Å². The van der Waals surface area contributed by atoms with Gasteiger partial charge in [0.05, 0.1) is 11.5 Å². The Morgan fingerprint density at radius 3 is 2.60 bits per heavy atom. The SMILES string of the molecule is O=S1(=O)CCN(S(=O)(=O)c2c(Cl)nc3sccn23)CC1. The first-order valence-corrected chi connectivity index (χ1v) is 10.1. The average Bonchev–Trinajstić information content (AvgIpc) is 2.87. The summed E-state index contributed by atoms with van der Waals surface area (Å²) in [4.78, 5) is 4.47. The summed E-state index contributed by atoms with van der Waals surface area (Å²) in [7, 11) is -7.00. The zero-order valence-corrected chi connectivity index (χ0v) is 13.3. The highest BCUT2D eigenvalue weighted by atomic mass is 35.5. The molecule has 20 heavy (non-hydrogen) atoms. The molecule has 0 unspecified atom stereocenters. The van der Waals surface area contributed by atoms with Crippen molar-refractivity contribution in [3.05, 3.63) is 16.7 Å². The molecule has 2 aromatic heterocycles. The van der Waals surface area contributed by atoms with Crippen molar-refractivity contribution in [3.63, 3.8) is 0 Å². The lowest BCUT2D eigenvalue weighted by molar-refractivity contribution is 0.428. The minimum atomic E-state index is -3.85. The maximum atomic E-state index is 12.6.